The second kappa shape index (κ2) is 6.05. The standard InChI is InChI=1S/C22H28FNO2/c23-20-12-16(21(25)26)1-2-17(20)13-24-5-3-22(4-6-24)18-8-14-7-15(10-18)11-19(22)9-14/h1-2,12,14-15,18-19H,3-11,13H2,(H,25,26). The average Bonchev–Trinajstić information content (AvgIpc) is 2.62. The van der Waals surface area contributed by atoms with Gasteiger partial charge in [-0.3, -0.25) is 4.90 Å². The van der Waals surface area contributed by atoms with Crippen molar-refractivity contribution in [3.63, 3.8) is 0 Å². The van der Waals surface area contributed by atoms with Crippen LogP contribution in [0.5, 0.6) is 0 Å². The van der Waals surface area contributed by atoms with Gasteiger partial charge in [0.05, 0.1) is 5.56 Å². The second-order valence-electron chi connectivity index (χ2n) is 9.43. The van der Waals surface area contributed by atoms with Gasteiger partial charge in [-0.1, -0.05) is 6.07 Å². The zero-order chi connectivity index (χ0) is 17.9. The highest BCUT2D eigenvalue weighted by atomic mass is 19.1. The molecule has 0 aromatic heterocycles. The molecule has 0 atom stereocenters. The van der Waals surface area contributed by atoms with Gasteiger partial charge in [0.15, 0.2) is 0 Å². The van der Waals surface area contributed by atoms with Crippen molar-refractivity contribution >= 4 is 5.97 Å². The van der Waals surface area contributed by atoms with E-state index in [1.165, 1.54) is 51.0 Å². The van der Waals surface area contributed by atoms with Crippen molar-refractivity contribution in [2.75, 3.05) is 13.1 Å². The molecule has 26 heavy (non-hydrogen) atoms. The molecule has 4 bridgehead atoms. The van der Waals surface area contributed by atoms with Gasteiger partial charge in [0, 0.05) is 12.1 Å². The molecule has 4 aliphatic carbocycles. The molecular weight excluding hydrogens is 329 g/mol. The molecule has 1 aromatic rings. The van der Waals surface area contributed by atoms with Crippen molar-refractivity contribution in [2.45, 2.75) is 51.5 Å². The number of rotatable bonds is 3. The van der Waals surface area contributed by atoms with Crippen LogP contribution in [0.2, 0.25) is 0 Å². The molecule has 1 N–H and O–H groups in total. The minimum Gasteiger partial charge on any atom is -0.478 e. The second-order valence-corrected chi connectivity index (χ2v) is 9.43. The summed E-state index contributed by atoms with van der Waals surface area (Å²) in [5, 5.41) is 8.99. The largest absolute Gasteiger partial charge is 0.478 e. The minimum absolute atomic E-state index is 0.0254. The number of benzene rings is 1. The Hall–Kier alpha value is -1.42. The number of likely N-dealkylation sites (tertiary alicyclic amines) is 1. The zero-order valence-electron chi connectivity index (χ0n) is 15.3. The number of piperidine rings is 1. The number of hydrogen-bond acceptors (Lipinski definition) is 2. The lowest BCUT2D eigenvalue weighted by atomic mass is 9.43. The van der Waals surface area contributed by atoms with Crippen molar-refractivity contribution < 1.29 is 14.3 Å². The molecule has 1 spiro atoms. The van der Waals surface area contributed by atoms with Crippen LogP contribution in [-0.2, 0) is 6.54 Å². The summed E-state index contributed by atoms with van der Waals surface area (Å²) in [6, 6.07) is 4.32. The maximum absolute atomic E-state index is 14.3. The van der Waals surface area contributed by atoms with Gasteiger partial charge < -0.3 is 5.11 Å². The molecule has 4 saturated carbocycles. The molecule has 0 radical (unpaired) electrons. The SMILES string of the molecule is O=C(O)c1ccc(CN2CCC3(CC2)C2CC4CC(C2)CC3C4)c(F)c1. The molecule has 1 aliphatic heterocycles. The Morgan fingerprint density at radius 1 is 1.08 bits per heavy atom. The monoisotopic (exact) mass is 357 g/mol. The third-order valence-corrected chi connectivity index (χ3v) is 8.25. The van der Waals surface area contributed by atoms with Gasteiger partial charge in [-0.15, -0.1) is 0 Å². The molecule has 3 nitrogen and oxygen atoms in total. The molecule has 1 heterocycles. The van der Waals surface area contributed by atoms with Crippen LogP contribution in [-0.4, -0.2) is 29.1 Å². The number of hydrogen-bond donors (Lipinski definition) is 1. The third-order valence-electron chi connectivity index (χ3n) is 8.25. The predicted molar refractivity (Wildman–Crippen MR) is 97.3 cm³/mol. The molecule has 1 saturated heterocycles. The zero-order valence-corrected chi connectivity index (χ0v) is 15.3. The van der Waals surface area contributed by atoms with Crippen LogP contribution in [0.15, 0.2) is 18.2 Å². The van der Waals surface area contributed by atoms with Crippen molar-refractivity contribution in [3.05, 3.63) is 35.1 Å². The van der Waals surface area contributed by atoms with Crippen LogP contribution in [0, 0.1) is 34.9 Å². The van der Waals surface area contributed by atoms with Gasteiger partial charge in [-0.05, 0) is 99.3 Å². The highest BCUT2D eigenvalue weighted by molar-refractivity contribution is 5.87. The maximum atomic E-state index is 14.3. The predicted octanol–water partition coefficient (Wildman–Crippen LogP) is 4.56. The maximum Gasteiger partial charge on any atom is 0.335 e. The van der Waals surface area contributed by atoms with Crippen LogP contribution < -0.4 is 0 Å². The van der Waals surface area contributed by atoms with Gasteiger partial charge in [0.2, 0.25) is 0 Å². The van der Waals surface area contributed by atoms with Crippen molar-refractivity contribution in [3.8, 4) is 0 Å². The Morgan fingerprint density at radius 3 is 2.23 bits per heavy atom. The minimum atomic E-state index is -1.07. The number of aromatic carboxylic acids is 1. The van der Waals surface area contributed by atoms with E-state index in [2.05, 4.69) is 4.90 Å². The summed E-state index contributed by atoms with van der Waals surface area (Å²) < 4.78 is 14.3. The average molecular weight is 357 g/mol. The van der Waals surface area contributed by atoms with Crippen LogP contribution in [0.1, 0.15) is 60.9 Å². The van der Waals surface area contributed by atoms with E-state index in [0.717, 1.165) is 42.8 Å². The van der Waals surface area contributed by atoms with Gasteiger partial charge in [0.25, 0.3) is 0 Å². The summed E-state index contributed by atoms with van der Waals surface area (Å²) in [4.78, 5) is 13.3. The topological polar surface area (TPSA) is 40.5 Å². The summed E-state index contributed by atoms with van der Waals surface area (Å²) >= 11 is 0. The molecular formula is C22H28FNO2. The first-order chi connectivity index (χ1) is 12.5. The lowest BCUT2D eigenvalue weighted by molar-refractivity contribution is -0.136. The fraction of sp³-hybridized carbons (Fsp3) is 0.682. The quantitative estimate of drug-likeness (QED) is 0.862. The van der Waals surface area contributed by atoms with E-state index in [-0.39, 0.29) is 11.4 Å². The van der Waals surface area contributed by atoms with Crippen molar-refractivity contribution in [2.24, 2.45) is 29.1 Å². The number of carboxylic acids is 1. The molecule has 1 aromatic carbocycles. The Kier molecular flexibility index (Phi) is 3.89. The lowest BCUT2D eigenvalue weighted by Gasteiger charge is -2.63. The molecule has 4 heteroatoms. The Bertz CT molecular complexity index is 693. The van der Waals surface area contributed by atoms with Crippen LogP contribution >= 0.6 is 0 Å². The Balaban J connectivity index is 1.26. The highest BCUT2D eigenvalue weighted by Crippen LogP contribution is 2.65. The smallest absolute Gasteiger partial charge is 0.335 e. The van der Waals surface area contributed by atoms with E-state index >= 15 is 0 Å². The summed E-state index contributed by atoms with van der Waals surface area (Å²) in [6.45, 7) is 2.72. The van der Waals surface area contributed by atoms with Crippen molar-refractivity contribution in [1.82, 2.24) is 4.90 Å². The number of carboxylic acid groups (broad SMARTS) is 1. The van der Waals surface area contributed by atoms with Gasteiger partial charge >= 0.3 is 5.97 Å². The van der Waals surface area contributed by atoms with Gasteiger partial charge in [0.1, 0.15) is 5.82 Å². The number of carbonyl (C=O) groups is 1. The summed E-state index contributed by atoms with van der Waals surface area (Å²) in [6.07, 6.45) is 9.93. The molecule has 0 unspecified atom stereocenters. The molecule has 6 rings (SSSR count). The van der Waals surface area contributed by atoms with Crippen LogP contribution in [0.4, 0.5) is 4.39 Å². The first-order valence-corrected chi connectivity index (χ1v) is 10.3. The normalized spacial score (nSPS) is 35.1. The first kappa shape index (κ1) is 16.7. The summed E-state index contributed by atoms with van der Waals surface area (Å²) in [5.41, 5.74) is 1.23. The van der Waals surface area contributed by atoms with E-state index in [1.807, 2.05) is 0 Å². The van der Waals surface area contributed by atoms with E-state index in [4.69, 9.17) is 5.11 Å². The summed E-state index contributed by atoms with van der Waals surface area (Å²) in [5.74, 6) is 2.48. The fourth-order valence-electron chi connectivity index (χ4n) is 7.12. The molecule has 5 fully saturated rings. The summed E-state index contributed by atoms with van der Waals surface area (Å²) in [7, 11) is 0. The van der Waals surface area contributed by atoms with Crippen LogP contribution in [0.3, 0.4) is 0 Å². The van der Waals surface area contributed by atoms with Crippen LogP contribution in [0.25, 0.3) is 0 Å². The Morgan fingerprint density at radius 2 is 1.69 bits per heavy atom. The molecule has 140 valence electrons. The third kappa shape index (κ3) is 2.60. The van der Waals surface area contributed by atoms with Gasteiger partial charge in [-0.2, -0.15) is 0 Å². The van der Waals surface area contributed by atoms with E-state index in [0.29, 0.717) is 17.5 Å². The lowest BCUT2D eigenvalue weighted by Crippen LogP contribution is -2.56. The van der Waals surface area contributed by atoms with Gasteiger partial charge in [-0.25, -0.2) is 9.18 Å². The number of halogens is 1. The van der Waals surface area contributed by atoms with Crippen molar-refractivity contribution in [1.29, 1.82) is 0 Å². The van der Waals surface area contributed by atoms with E-state index in [1.54, 1.807) is 6.07 Å². The first-order valence-electron chi connectivity index (χ1n) is 10.3. The Labute approximate surface area is 154 Å². The van der Waals surface area contributed by atoms with E-state index < -0.39 is 5.97 Å². The highest BCUT2D eigenvalue weighted by Gasteiger charge is 2.57. The van der Waals surface area contributed by atoms with E-state index in [9.17, 15) is 9.18 Å². The molecule has 0 amide bonds. The fourth-order valence-corrected chi connectivity index (χ4v) is 7.12. The molecule has 5 aliphatic rings. The number of nitrogens with zero attached hydrogens (tertiary/aromatic N) is 1.